The normalized spacial score (nSPS) is 19.5. The molecule has 0 radical (unpaired) electrons. The lowest BCUT2D eigenvalue weighted by Gasteiger charge is -2.23. The fourth-order valence-corrected chi connectivity index (χ4v) is 4.29. The zero-order valence-corrected chi connectivity index (χ0v) is 28.1. The highest BCUT2D eigenvalue weighted by Gasteiger charge is 2.24. The number of ether oxygens (including phenoxy) is 4. The number of Topliss-reactive ketones (excluding diaryl/α,β-unsaturated/α-hetero) is 3. The van der Waals surface area contributed by atoms with Crippen LogP contribution in [0.25, 0.3) is 0 Å². The van der Waals surface area contributed by atoms with Crippen molar-refractivity contribution >= 4 is 17.3 Å². The highest BCUT2D eigenvalue weighted by atomic mass is 16.7. The van der Waals surface area contributed by atoms with E-state index in [1.165, 1.54) is 18.6 Å². The van der Waals surface area contributed by atoms with Crippen LogP contribution in [0.15, 0.2) is 24.8 Å². The summed E-state index contributed by atoms with van der Waals surface area (Å²) in [7, 11) is 0. The number of hydrogen-bond acceptors (Lipinski definition) is 12. The third kappa shape index (κ3) is 13.0. The topological polar surface area (TPSA) is 160 Å². The van der Waals surface area contributed by atoms with Crippen LogP contribution >= 0.6 is 0 Å². The summed E-state index contributed by atoms with van der Waals surface area (Å²) in [6.45, 7) is 12.7. The molecule has 12 nitrogen and oxygen atoms in total. The van der Waals surface area contributed by atoms with Crippen LogP contribution in [0.4, 0.5) is 0 Å². The second kappa shape index (κ2) is 17.8. The molecular weight excluding hydrogens is 592 g/mol. The summed E-state index contributed by atoms with van der Waals surface area (Å²) in [6, 6.07) is 0. The van der Waals surface area contributed by atoms with Gasteiger partial charge in [0.2, 0.25) is 5.78 Å². The van der Waals surface area contributed by atoms with E-state index in [-0.39, 0.29) is 61.7 Å². The quantitative estimate of drug-likeness (QED) is 0.322. The third-order valence-corrected chi connectivity index (χ3v) is 7.53. The molecule has 1 N–H and O–H groups in total. The van der Waals surface area contributed by atoms with E-state index in [4.69, 9.17) is 18.9 Å². The van der Waals surface area contributed by atoms with Gasteiger partial charge in [-0.15, -0.1) is 0 Å². The number of nitrogens with zero attached hydrogens (tertiary/aromatic N) is 4. The molecule has 4 heterocycles. The van der Waals surface area contributed by atoms with Crippen LogP contribution in [0, 0.1) is 10.8 Å². The summed E-state index contributed by atoms with van der Waals surface area (Å²) < 4.78 is 21.9. The molecule has 0 aromatic carbocycles. The van der Waals surface area contributed by atoms with Crippen LogP contribution in [0.1, 0.15) is 114 Å². The van der Waals surface area contributed by atoms with Gasteiger partial charge in [-0.3, -0.25) is 29.3 Å². The fraction of sp³-hybridized carbons (Fsp3) is 0.676. The van der Waals surface area contributed by atoms with Crippen molar-refractivity contribution in [3.05, 3.63) is 47.6 Å². The Labute approximate surface area is 272 Å². The van der Waals surface area contributed by atoms with Crippen LogP contribution in [0.3, 0.4) is 0 Å². The Bertz CT molecular complexity index is 1240. The molecular formula is C34H50N4O8. The van der Waals surface area contributed by atoms with Crippen LogP contribution in [0.2, 0.25) is 0 Å². The molecule has 2 saturated heterocycles. The molecule has 0 aliphatic carbocycles. The summed E-state index contributed by atoms with van der Waals surface area (Å²) in [4.78, 5) is 52.6. The summed E-state index contributed by atoms with van der Waals surface area (Å²) in [5.41, 5.74) is 1.05. The van der Waals surface area contributed by atoms with Crippen molar-refractivity contribution in [2.24, 2.45) is 10.8 Å². The summed E-state index contributed by atoms with van der Waals surface area (Å²) in [6.07, 6.45) is 10.9. The lowest BCUT2D eigenvalue weighted by atomic mass is 9.88. The number of aliphatic hydroxyl groups is 1. The van der Waals surface area contributed by atoms with Crippen molar-refractivity contribution in [2.75, 3.05) is 26.4 Å². The predicted molar refractivity (Wildman–Crippen MR) is 169 cm³/mol. The van der Waals surface area contributed by atoms with Gasteiger partial charge in [-0.1, -0.05) is 41.5 Å². The summed E-state index contributed by atoms with van der Waals surface area (Å²) in [5.74, 6) is -0.0399. The smallest absolute Gasteiger partial charge is 0.208 e. The third-order valence-electron chi connectivity index (χ3n) is 7.53. The number of ketones is 3. The standard InChI is InChI=1S/C17H26N2O4.C17H24N2O4/c2*1-17(2,3)15(21)8-12-9-19-13(10-18-12)14(20)11-23-16-6-4-5-7-22-16/h9-10,14,16,20H,4-8,11H2,1-3H3;9-10,16H,4-8,11H2,1-3H3/t14-,16?;/m1./s1. The van der Waals surface area contributed by atoms with Gasteiger partial charge >= 0.3 is 0 Å². The molecule has 2 aromatic heterocycles. The second-order valence-electron chi connectivity index (χ2n) is 13.7. The van der Waals surface area contributed by atoms with E-state index in [2.05, 4.69) is 19.9 Å². The number of rotatable bonds is 12. The number of aromatic nitrogens is 4. The Morgan fingerprint density at radius 1 is 0.761 bits per heavy atom. The van der Waals surface area contributed by atoms with Crippen LogP contribution < -0.4 is 0 Å². The summed E-state index contributed by atoms with van der Waals surface area (Å²) in [5, 5.41) is 10.1. The minimum atomic E-state index is -0.847. The van der Waals surface area contributed by atoms with E-state index >= 15 is 0 Å². The van der Waals surface area contributed by atoms with Gasteiger partial charge in [0.1, 0.15) is 30.0 Å². The van der Waals surface area contributed by atoms with E-state index in [0.717, 1.165) is 38.5 Å². The number of carbonyl (C=O) groups is 3. The SMILES string of the molecule is CC(C)(C)C(=O)Cc1cnc(C(=O)COC2CCCCO2)cn1.CC(C)(C)C(=O)Cc1cnc([C@H](O)COC2CCCCO2)cn1. The first-order valence-corrected chi connectivity index (χ1v) is 16.1. The van der Waals surface area contributed by atoms with Crippen molar-refractivity contribution in [3.63, 3.8) is 0 Å². The van der Waals surface area contributed by atoms with E-state index < -0.39 is 16.9 Å². The molecule has 12 heteroatoms. The first-order chi connectivity index (χ1) is 21.7. The second-order valence-corrected chi connectivity index (χ2v) is 13.7. The van der Waals surface area contributed by atoms with Gasteiger partial charge in [0.05, 0.1) is 48.9 Å². The largest absolute Gasteiger partial charge is 0.384 e. The van der Waals surface area contributed by atoms with Gasteiger partial charge in [0.15, 0.2) is 12.6 Å². The maximum absolute atomic E-state index is 12.0. The molecule has 2 fully saturated rings. The van der Waals surface area contributed by atoms with E-state index in [0.29, 0.717) is 30.3 Å². The molecule has 0 saturated carbocycles. The van der Waals surface area contributed by atoms with Gasteiger partial charge in [-0.25, -0.2) is 4.98 Å². The lowest BCUT2D eigenvalue weighted by molar-refractivity contribution is -0.176. The van der Waals surface area contributed by atoms with Gasteiger partial charge in [0.25, 0.3) is 0 Å². The Morgan fingerprint density at radius 3 is 1.72 bits per heavy atom. The van der Waals surface area contributed by atoms with Crippen LogP contribution in [0.5, 0.6) is 0 Å². The molecule has 2 aliphatic rings. The molecule has 2 aliphatic heterocycles. The molecule has 3 atom stereocenters. The highest BCUT2D eigenvalue weighted by molar-refractivity contribution is 5.95. The van der Waals surface area contributed by atoms with Crippen LogP contribution in [-0.4, -0.2) is 81.4 Å². The Kier molecular flexibility index (Phi) is 14.5. The molecule has 254 valence electrons. The zero-order chi connectivity index (χ0) is 33.7. The maximum Gasteiger partial charge on any atom is 0.208 e. The Balaban J connectivity index is 0.000000250. The lowest BCUT2D eigenvalue weighted by Crippen LogP contribution is -2.25. The molecule has 0 spiro atoms. The predicted octanol–water partition coefficient (Wildman–Crippen LogP) is 4.57. The van der Waals surface area contributed by atoms with Crippen molar-refractivity contribution in [2.45, 2.75) is 112 Å². The average molecular weight is 643 g/mol. The fourth-order valence-electron chi connectivity index (χ4n) is 4.29. The number of hydrogen-bond donors (Lipinski definition) is 1. The molecule has 46 heavy (non-hydrogen) atoms. The van der Waals surface area contributed by atoms with Gasteiger partial charge in [-0.2, -0.15) is 0 Å². The molecule has 0 amide bonds. The first kappa shape index (κ1) is 37.4. The van der Waals surface area contributed by atoms with Gasteiger partial charge < -0.3 is 24.1 Å². The molecule has 4 rings (SSSR count). The highest BCUT2D eigenvalue weighted by Crippen LogP contribution is 2.20. The summed E-state index contributed by atoms with van der Waals surface area (Å²) >= 11 is 0. The molecule has 2 unspecified atom stereocenters. The van der Waals surface area contributed by atoms with E-state index in [9.17, 15) is 19.5 Å². The molecule has 2 aromatic rings. The van der Waals surface area contributed by atoms with Gasteiger partial charge in [-0.05, 0) is 38.5 Å². The van der Waals surface area contributed by atoms with E-state index in [1.807, 2.05) is 41.5 Å². The number of aliphatic hydroxyl groups excluding tert-OH is 1. The Morgan fingerprint density at radius 2 is 1.28 bits per heavy atom. The molecule has 0 bridgehead atoms. The average Bonchev–Trinajstić information content (AvgIpc) is 3.03. The minimum Gasteiger partial charge on any atom is -0.384 e. The number of carbonyl (C=O) groups excluding carboxylic acids is 3. The maximum atomic E-state index is 12.0. The zero-order valence-electron chi connectivity index (χ0n) is 28.1. The minimum absolute atomic E-state index is 0.0698. The van der Waals surface area contributed by atoms with Crippen molar-refractivity contribution in [3.8, 4) is 0 Å². The van der Waals surface area contributed by atoms with Crippen LogP contribution in [-0.2, 0) is 41.4 Å². The first-order valence-electron chi connectivity index (χ1n) is 16.1. The van der Waals surface area contributed by atoms with Gasteiger partial charge in [0, 0.05) is 36.4 Å². The monoisotopic (exact) mass is 642 g/mol. The van der Waals surface area contributed by atoms with Crippen molar-refractivity contribution < 1.29 is 38.4 Å². The van der Waals surface area contributed by atoms with Crippen molar-refractivity contribution in [1.29, 1.82) is 0 Å². The Hall–Kier alpha value is -3.03. The van der Waals surface area contributed by atoms with E-state index in [1.54, 1.807) is 6.20 Å². The van der Waals surface area contributed by atoms with Crippen molar-refractivity contribution in [1.82, 2.24) is 19.9 Å².